The highest BCUT2D eigenvalue weighted by Gasteiger charge is 2.50. The van der Waals surface area contributed by atoms with Gasteiger partial charge in [0, 0.05) is 30.3 Å². The van der Waals surface area contributed by atoms with Gasteiger partial charge in [-0.3, -0.25) is 4.79 Å². The van der Waals surface area contributed by atoms with Crippen molar-refractivity contribution < 1.29 is 22.0 Å². The van der Waals surface area contributed by atoms with E-state index < -0.39 is 32.6 Å². The van der Waals surface area contributed by atoms with Gasteiger partial charge in [0.2, 0.25) is 10.0 Å². The fourth-order valence-corrected chi connectivity index (χ4v) is 5.85. The zero-order valence-corrected chi connectivity index (χ0v) is 15.1. The topological polar surface area (TPSA) is 66.5 Å². The zero-order valence-electron chi connectivity index (χ0n) is 14.3. The van der Waals surface area contributed by atoms with Gasteiger partial charge in [0.15, 0.2) is 0 Å². The van der Waals surface area contributed by atoms with Crippen LogP contribution in [0.25, 0.3) is 0 Å². The van der Waals surface area contributed by atoms with Crippen LogP contribution in [-0.4, -0.2) is 37.3 Å². The first kappa shape index (κ1) is 18.1. The van der Waals surface area contributed by atoms with E-state index in [4.69, 9.17) is 0 Å². The van der Waals surface area contributed by atoms with Crippen molar-refractivity contribution in [3.05, 3.63) is 65.7 Å². The van der Waals surface area contributed by atoms with Crippen LogP contribution in [0.2, 0.25) is 0 Å². The maximum absolute atomic E-state index is 13.5. The lowest BCUT2D eigenvalue weighted by molar-refractivity contribution is 0.0917. The molecule has 0 spiro atoms. The van der Waals surface area contributed by atoms with E-state index in [-0.39, 0.29) is 17.9 Å². The summed E-state index contributed by atoms with van der Waals surface area (Å²) in [5, 5.41) is 2.91. The Morgan fingerprint density at radius 2 is 1.70 bits per heavy atom. The van der Waals surface area contributed by atoms with Crippen molar-refractivity contribution in [3.8, 4) is 0 Å². The Balaban J connectivity index is 1.56. The number of nitrogens with one attached hydrogen (secondary N) is 1. The molecular formula is C19H18F2N2O3S. The zero-order chi connectivity index (χ0) is 19.2. The number of halogens is 2. The molecule has 2 aliphatic rings. The number of nitrogens with zero attached hydrogens (tertiary/aromatic N) is 1. The summed E-state index contributed by atoms with van der Waals surface area (Å²) < 4.78 is 54.1. The molecule has 1 N–H and O–H groups in total. The van der Waals surface area contributed by atoms with Crippen molar-refractivity contribution in [2.24, 2.45) is 5.92 Å². The molecule has 1 aliphatic heterocycles. The number of carbonyl (C=O) groups is 1. The smallest absolute Gasteiger partial charge is 0.251 e. The van der Waals surface area contributed by atoms with Crippen LogP contribution in [0.4, 0.5) is 8.78 Å². The maximum Gasteiger partial charge on any atom is 0.251 e. The molecule has 2 aromatic carbocycles. The van der Waals surface area contributed by atoms with E-state index in [9.17, 15) is 22.0 Å². The summed E-state index contributed by atoms with van der Waals surface area (Å²) in [7, 11) is -4.05. The molecule has 3 atom stereocenters. The fraction of sp³-hybridized carbons (Fsp3) is 0.316. The molecule has 1 aliphatic carbocycles. The summed E-state index contributed by atoms with van der Waals surface area (Å²) in [6, 6.07) is 10.2. The molecule has 27 heavy (non-hydrogen) atoms. The van der Waals surface area contributed by atoms with E-state index in [1.165, 1.54) is 4.31 Å². The van der Waals surface area contributed by atoms with Gasteiger partial charge in [0.1, 0.15) is 11.6 Å². The highest BCUT2D eigenvalue weighted by molar-refractivity contribution is 7.89. The number of hydrogen-bond acceptors (Lipinski definition) is 3. The van der Waals surface area contributed by atoms with E-state index in [0.29, 0.717) is 31.0 Å². The highest BCUT2D eigenvalue weighted by Crippen LogP contribution is 2.41. The molecule has 1 saturated carbocycles. The molecule has 3 unspecified atom stereocenters. The van der Waals surface area contributed by atoms with Crippen LogP contribution >= 0.6 is 0 Å². The summed E-state index contributed by atoms with van der Waals surface area (Å²) in [5.74, 6) is -2.02. The molecule has 0 aromatic heterocycles. The summed E-state index contributed by atoms with van der Waals surface area (Å²) in [6.07, 6.45) is 1.31. The van der Waals surface area contributed by atoms with Gasteiger partial charge < -0.3 is 5.32 Å². The molecule has 1 saturated heterocycles. The molecule has 5 nitrogen and oxygen atoms in total. The van der Waals surface area contributed by atoms with E-state index in [0.717, 1.165) is 12.1 Å². The lowest BCUT2D eigenvalue weighted by atomic mass is 10.1. The number of carbonyl (C=O) groups excluding carboxylic acids is 1. The van der Waals surface area contributed by atoms with Crippen molar-refractivity contribution in [1.82, 2.24) is 9.62 Å². The van der Waals surface area contributed by atoms with E-state index in [2.05, 4.69) is 5.32 Å². The molecule has 2 fully saturated rings. The molecule has 142 valence electrons. The Labute approximate surface area is 156 Å². The average Bonchev–Trinajstić information content (AvgIpc) is 3.22. The predicted octanol–water partition coefficient (Wildman–Crippen LogP) is 2.55. The highest BCUT2D eigenvalue weighted by atomic mass is 32.2. The Morgan fingerprint density at radius 3 is 2.33 bits per heavy atom. The number of rotatable bonds is 4. The molecule has 4 rings (SSSR count). The second kappa shape index (κ2) is 6.69. The molecule has 2 aromatic rings. The third kappa shape index (κ3) is 3.35. The molecule has 1 amide bonds. The predicted molar refractivity (Wildman–Crippen MR) is 94.5 cm³/mol. The van der Waals surface area contributed by atoms with Crippen molar-refractivity contribution >= 4 is 15.9 Å². The number of fused-ring (bicyclic) bond motifs is 2. The SMILES string of the molecule is O=C(NC1CC2CC1N(S(=O)(=O)c1cc(F)cc(F)c1)C2)c1ccccc1. The Bertz CT molecular complexity index is 961. The standard InChI is InChI=1S/C19H18F2N2O3S/c20-14-8-15(21)10-16(9-14)27(25,26)23-11-12-6-17(18(23)7-12)22-19(24)13-4-2-1-3-5-13/h1-5,8-10,12,17-18H,6-7,11H2,(H,22,24). The van der Waals surface area contributed by atoms with Crippen LogP contribution in [0.1, 0.15) is 23.2 Å². The second-order valence-corrected chi connectivity index (χ2v) is 8.92. The van der Waals surface area contributed by atoms with Gasteiger partial charge >= 0.3 is 0 Å². The van der Waals surface area contributed by atoms with Gasteiger partial charge in [-0.25, -0.2) is 17.2 Å². The Hall–Kier alpha value is -2.32. The number of amides is 1. The van der Waals surface area contributed by atoms with Crippen LogP contribution in [0, 0.1) is 17.6 Å². The number of benzene rings is 2. The largest absolute Gasteiger partial charge is 0.348 e. The lowest BCUT2D eigenvalue weighted by Crippen LogP contribution is -2.51. The van der Waals surface area contributed by atoms with Gasteiger partial charge in [-0.05, 0) is 43.0 Å². The Morgan fingerprint density at radius 1 is 1.04 bits per heavy atom. The van der Waals surface area contributed by atoms with Crippen LogP contribution in [-0.2, 0) is 10.0 Å². The number of piperidine rings is 1. The van der Waals surface area contributed by atoms with Gasteiger partial charge in [-0.1, -0.05) is 18.2 Å². The third-order valence-corrected chi connectivity index (χ3v) is 7.10. The lowest BCUT2D eigenvalue weighted by Gasteiger charge is -2.32. The van der Waals surface area contributed by atoms with Gasteiger partial charge in [0.05, 0.1) is 4.90 Å². The van der Waals surface area contributed by atoms with Crippen LogP contribution in [0.3, 0.4) is 0 Å². The van der Waals surface area contributed by atoms with Crippen molar-refractivity contribution in [2.45, 2.75) is 29.8 Å². The first-order valence-corrected chi connectivity index (χ1v) is 10.1. The van der Waals surface area contributed by atoms with E-state index in [1.807, 2.05) is 0 Å². The van der Waals surface area contributed by atoms with Gasteiger partial charge in [-0.2, -0.15) is 4.31 Å². The van der Waals surface area contributed by atoms with Crippen molar-refractivity contribution in [2.75, 3.05) is 6.54 Å². The van der Waals surface area contributed by atoms with Crippen molar-refractivity contribution in [1.29, 1.82) is 0 Å². The minimum absolute atomic E-state index is 0.115. The normalized spacial score (nSPS) is 24.9. The Kier molecular flexibility index (Phi) is 4.47. The first-order chi connectivity index (χ1) is 12.8. The minimum atomic E-state index is -4.05. The molecule has 0 radical (unpaired) electrons. The van der Waals surface area contributed by atoms with Crippen molar-refractivity contribution in [3.63, 3.8) is 0 Å². The van der Waals surface area contributed by atoms with E-state index >= 15 is 0 Å². The summed E-state index contributed by atoms with van der Waals surface area (Å²) in [6.45, 7) is 0.294. The average molecular weight is 392 g/mol. The monoisotopic (exact) mass is 392 g/mol. The summed E-state index contributed by atoms with van der Waals surface area (Å²) >= 11 is 0. The molecule has 1 heterocycles. The van der Waals surface area contributed by atoms with E-state index in [1.54, 1.807) is 30.3 Å². The molecule has 8 heteroatoms. The molecule has 2 bridgehead atoms. The summed E-state index contributed by atoms with van der Waals surface area (Å²) in [4.78, 5) is 12.0. The van der Waals surface area contributed by atoms with Crippen LogP contribution in [0.5, 0.6) is 0 Å². The van der Waals surface area contributed by atoms with Crippen LogP contribution < -0.4 is 5.32 Å². The van der Waals surface area contributed by atoms with Crippen LogP contribution in [0.15, 0.2) is 53.4 Å². The number of hydrogen-bond donors (Lipinski definition) is 1. The van der Waals surface area contributed by atoms with Gasteiger partial charge in [-0.15, -0.1) is 0 Å². The second-order valence-electron chi connectivity index (χ2n) is 7.03. The van der Waals surface area contributed by atoms with Gasteiger partial charge in [0.25, 0.3) is 5.91 Å². The quantitative estimate of drug-likeness (QED) is 0.870. The fourth-order valence-electron chi connectivity index (χ4n) is 4.06. The first-order valence-electron chi connectivity index (χ1n) is 8.68. The minimum Gasteiger partial charge on any atom is -0.348 e. The number of sulfonamides is 1. The maximum atomic E-state index is 13.5. The third-order valence-electron chi connectivity index (χ3n) is 5.23. The molecular weight excluding hydrogens is 374 g/mol. The summed E-state index contributed by atoms with van der Waals surface area (Å²) in [5.41, 5.74) is 0.502.